The molecule has 1 aliphatic rings. The summed E-state index contributed by atoms with van der Waals surface area (Å²) >= 11 is 2.69. The van der Waals surface area contributed by atoms with Crippen LogP contribution in [0.4, 0.5) is 21.0 Å². The van der Waals surface area contributed by atoms with Crippen molar-refractivity contribution < 1.29 is 19.0 Å². The van der Waals surface area contributed by atoms with E-state index in [0.717, 1.165) is 5.69 Å². The van der Waals surface area contributed by atoms with Crippen LogP contribution in [0, 0.1) is 28.5 Å². The number of nitriles is 2. The van der Waals surface area contributed by atoms with Gasteiger partial charge in [0.05, 0.1) is 24.5 Å². The Morgan fingerprint density at radius 3 is 2.51 bits per heavy atom. The third-order valence-corrected chi connectivity index (χ3v) is 7.67. The van der Waals surface area contributed by atoms with E-state index in [1.165, 1.54) is 35.2 Å². The van der Waals surface area contributed by atoms with E-state index in [2.05, 4.69) is 27.4 Å². The van der Waals surface area contributed by atoms with Crippen molar-refractivity contribution in [3.05, 3.63) is 76.5 Å². The quantitative estimate of drug-likeness (QED) is 0.255. The third kappa shape index (κ3) is 5.95. The van der Waals surface area contributed by atoms with Crippen LogP contribution in [0.3, 0.4) is 0 Å². The molecule has 0 radical (unpaired) electrons. The van der Waals surface area contributed by atoms with Crippen molar-refractivity contribution in [2.45, 2.75) is 23.0 Å². The highest BCUT2D eigenvalue weighted by molar-refractivity contribution is 7.98. The number of rotatable bonds is 8. The van der Waals surface area contributed by atoms with Crippen LogP contribution >= 0.6 is 23.1 Å². The van der Waals surface area contributed by atoms with Crippen molar-refractivity contribution in [2.24, 2.45) is 0 Å². The van der Waals surface area contributed by atoms with E-state index in [-0.39, 0.29) is 29.4 Å². The Labute approximate surface area is 231 Å². The van der Waals surface area contributed by atoms with Gasteiger partial charge >= 0.3 is 0 Å². The Kier molecular flexibility index (Phi) is 7.91. The van der Waals surface area contributed by atoms with Gasteiger partial charge in [0.1, 0.15) is 52.3 Å². The van der Waals surface area contributed by atoms with Crippen LogP contribution in [-0.4, -0.2) is 40.5 Å². The summed E-state index contributed by atoms with van der Waals surface area (Å²) < 4.78 is 24.2. The molecule has 39 heavy (non-hydrogen) atoms. The van der Waals surface area contributed by atoms with E-state index in [9.17, 15) is 20.0 Å². The van der Waals surface area contributed by atoms with Gasteiger partial charge in [0, 0.05) is 22.4 Å². The van der Waals surface area contributed by atoms with Gasteiger partial charge in [-0.3, -0.25) is 0 Å². The maximum absolute atomic E-state index is 13.2. The molecule has 1 fully saturated rings. The average molecular weight is 561 g/mol. The summed E-state index contributed by atoms with van der Waals surface area (Å²) in [5.74, 6) is 0.641. The monoisotopic (exact) mass is 560 g/mol. The van der Waals surface area contributed by atoms with Gasteiger partial charge in [0.2, 0.25) is 0 Å². The highest BCUT2D eigenvalue weighted by Gasteiger charge is 2.28. The molecule has 1 saturated heterocycles. The van der Waals surface area contributed by atoms with Crippen LogP contribution in [-0.2, 0) is 10.5 Å². The number of anilines is 3. The van der Waals surface area contributed by atoms with Crippen molar-refractivity contribution in [3.63, 3.8) is 0 Å². The van der Waals surface area contributed by atoms with Crippen molar-refractivity contribution in [2.75, 3.05) is 24.3 Å². The summed E-state index contributed by atoms with van der Waals surface area (Å²) in [6, 6.07) is 17.1. The first kappa shape index (κ1) is 26.4. The minimum atomic E-state index is -0.702. The van der Waals surface area contributed by atoms with Crippen LogP contribution < -0.4 is 15.8 Å². The lowest BCUT2D eigenvalue weighted by Crippen LogP contribution is -2.29. The van der Waals surface area contributed by atoms with Crippen LogP contribution in [0.5, 0.6) is 5.75 Å². The van der Waals surface area contributed by atoms with Crippen molar-refractivity contribution >= 4 is 39.7 Å². The molecule has 4 aromatic rings. The molecule has 5 rings (SSSR count). The molecule has 12 heteroatoms. The molecule has 0 spiro atoms. The molecule has 0 saturated carbocycles. The number of thioether (sulfide) groups is 1. The molecule has 0 aliphatic carbocycles. The van der Waals surface area contributed by atoms with Gasteiger partial charge in [-0.1, -0.05) is 23.9 Å². The van der Waals surface area contributed by atoms with Crippen LogP contribution in [0.1, 0.15) is 16.8 Å². The van der Waals surface area contributed by atoms with Gasteiger partial charge in [-0.05, 0) is 42.0 Å². The number of benzene rings is 2. The van der Waals surface area contributed by atoms with Gasteiger partial charge in [0.15, 0.2) is 5.13 Å². The topological polar surface area (TPSA) is 150 Å². The standard InChI is InChI=1S/C27H21FN6O3S2/c28-16-3-5-17(6-4-16)32-27-33-18(14-39-27)13-38-26-21(10-30)24(20(9-29)25(31)34-26)15-1-7-19(8-2-15)37-23-12-36-11-22(23)35/h1-8,14,22-23,35H,11-13H2,(H2,31,34)(H,32,33). The number of nitrogens with two attached hydrogens (primary N) is 1. The predicted octanol–water partition coefficient (Wildman–Crippen LogP) is 4.84. The number of aromatic nitrogens is 2. The molecule has 0 amide bonds. The predicted molar refractivity (Wildman–Crippen MR) is 146 cm³/mol. The summed E-state index contributed by atoms with van der Waals surface area (Å²) in [5, 5.41) is 35.8. The van der Waals surface area contributed by atoms with E-state index in [1.807, 2.05) is 5.38 Å². The first-order valence-corrected chi connectivity index (χ1v) is 13.6. The molecule has 9 nitrogen and oxygen atoms in total. The van der Waals surface area contributed by atoms with Gasteiger partial charge < -0.3 is 25.6 Å². The largest absolute Gasteiger partial charge is 0.485 e. The molecule has 4 N–H and O–H groups in total. The molecule has 2 aromatic carbocycles. The molecule has 2 atom stereocenters. The minimum Gasteiger partial charge on any atom is -0.485 e. The highest BCUT2D eigenvalue weighted by Crippen LogP contribution is 2.37. The number of hydrogen-bond acceptors (Lipinski definition) is 11. The lowest BCUT2D eigenvalue weighted by molar-refractivity contribution is 0.0733. The second kappa shape index (κ2) is 11.7. The SMILES string of the molecule is N#Cc1c(N)nc(SCc2csc(Nc3ccc(F)cc3)n2)c(C#N)c1-c1ccc(OC2COCC2O)cc1. The molecular weight excluding hydrogens is 539 g/mol. The molecular formula is C27H21FN6O3S2. The Bertz CT molecular complexity index is 1560. The second-order valence-corrected chi connectivity index (χ2v) is 10.3. The molecule has 2 unspecified atom stereocenters. The number of nitrogen functional groups attached to an aromatic ring is 1. The summed E-state index contributed by atoms with van der Waals surface area (Å²) in [6.07, 6.45) is -1.16. The fourth-order valence-corrected chi connectivity index (χ4v) is 5.66. The number of aliphatic hydroxyl groups excluding tert-OH is 1. The number of hydrogen-bond donors (Lipinski definition) is 3. The Hall–Kier alpha value is -4.20. The lowest BCUT2D eigenvalue weighted by atomic mass is 9.97. The molecule has 1 aliphatic heterocycles. The van der Waals surface area contributed by atoms with E-state index < -0.39 is 12.2 Å². The third-order valence-electron chi connectivity index (χ3n) is 5.85. The first-order chi connectivity index (χ1) is 18.9. The second-order valence-electron chi connectivity index (χ2n) is 8.50. The van der Waals surface area contributed by atoms with Gasteiger partial charge in [0.25, 0.3) is 0 Å². The van der Waals surface area contributed by atoms with Crippen LogP contribution in [0.25, 0.3) is 11.1 Å². The summed E-state index contributed by atoms with van der Waals surface area (Å²) in [7, 11) is 0. The average Bonchev–Trinajstić information content (AvgIpc) is 3.57. The highest BCUT2D eigenvalue weighted by atomic mass is 32.2. The van der Waals surface area contributed by atoms with E-state index in [0.29, 0.717) is 45.1 Å². The summed E-state index contributed by atoms with van der Waals surface area (Å²) in [4.78, 5) is 8.90. The number of nitrogens with one attached hydrogen (secondary N) is 1. The van der Waals surface area contributed by atoms with Crippen molar-refractivity contribution in [3.8, 4) is 29.0 Å². The number of halogens is 1. The van der Waals surface area contributed by atoms with Crippen molar-refractivity contribution in [1.29, 1.82) is 10.5 Å². The van der Waals surface area contributed by atoms with Crippen LogP contribution in [0.15, 0.2) is 58.9 Å². The molecule has 0 bridgehead atoms. The maximum atomic E-state index is 13.2. The first-order valence-electron chi connectivity index (χ1n) is 11.7. The maximum Gasteiger partial charge on any atom is 0.187 e. The van der Waals surface area contributed by atoms with Crippen LogP contribution in [0.2, 0.25) is 0 Å². The normalized spacial score (nSPS) is 16.4. The summed E-state index contributed by atoms with van der Waals surface area (Å²) in [6.45, 7) is 0.522. The fraction of sp³-hybridized carbons (Fsp3) is 0.185. The smallest absolute Gasteiger partial charge is 0.187 e. The number of nitrogens with zero attached hydrogens (tertiary/aromatic N) is 4. The number of pyridine rings is 1. The van der Waals surface area contributed by atoms with E-state index >= 15 is 0 Å². The lowest BCUT2D eigenvalue weighted by Gasteiger charge is -2.16. The minimum absolute atomic E-state index is 0.0255. The fourth-order valence-electron chi connectivity index (χ4n) is 3.93. The molecule has 2 aromatic heterocycles. The zero-order chi connectivity index (χ0) is 27.4. The van der Waals surface area contributed by atoms with E-state index in [1.54, 1.807) is 36.4 Å². The van der Waals surface area contributed by atoms with Gasteiger partial charge in [-0.25, -0.2) is 14.4 Å². The van der Waals surface area contributed by atoms with Gasteiger partial charge in [-0.2, -0.15) is 10.5 Å². The number of aliphatic hydroxyl groups is 1. The summed E-state index contributed by atoms with van der Waals surface area (Å²) in [5.41, 5.74) is 8.96. The zero-order valence-corrected chi connectivity index (χ0v) is 21.9. The Morgan fingerprint density at radius 1 is 1.10 bits per heavy atom. The number of thiazole rings is 1. The molecule has 196 valence electrons. The Balaban J connectivity index is 1.36. The number of ether oxygens (including phenoxy) is 2. The van der Waals surface area contributed by atoms with E-state index in [4.69, 9.17) is 15.2 Å². The van der Waals surface area contributed by atoms with Gasteiger partial charge in [-0.15, -0.1) is 11.3 Å². The molecule has 3 heterocycles. The Morgan fingerprint density at radius 2 is 1.85 bits per heavy atom. The zero-order valence-electron chi connectivity index (χ0n) is 20.3. The van der Waals surface area contributed by atoms with Crippen molar-refractivity contribution in [1.82, 2.24) is 9.97 Å².